The van der Waals surface area contributed by atoms with Gasteiger partial charge in [0.1, 0.15) is 0 Å². The van der Waals surface area contributed by atoms with Gasteiger partial charge in [-0.05, 0) is 6.42 Å². The molecule has 1 aliphatic heterocycles. The lowest BCUT2D eigenvalue weighted by Gasteiger charge is -2.14. The first kappa shape index (κ1) is 20.6. The van der Waals surface area contributed by atoms with E-state index in [2.05, 4.69) is 20.8 Å². The number of nitro groups is 1. The van der Waals surface area contributed by atoms with E-state index >= 15 is 0 Å². The van der Waals surface area contributed by atoms with Crippen LogP contribution >= 0.6 is 15.9 Å². The SMILES string of the molecule is NC(CCC(=O)ON1C(=O)CCC1=O)C(=O)c1ccc(CBr)c([N+](=O)[O-])c1. The zero-order valence-electron chi connectivity index (χ0n) is 14.1. The van der Waals surface area contributed by atoms with Gasteiger partial charge < -0.3 is 10.6 Å². The summed E-state index contributed by atoms with van der Waals surface area (Å²) in [7, 11) is 0. The van der Waals surface area contributed by atoms with Crippen LogP contribution in [0.4, 0.5) is 5.69 Å². The highest BCUT2D eigenvalue weighted by Gasteiger charge is 2.33. The number of carbonyl (C=O) groups excluding carboxylic acids is 4. The first-order valence-electron chi connectivity index (χ1n) is 7.94. The first-order valence-corrected chi connectivity index (χ1v) is 9.06. The average molecular weight is 442 g/mol. The van der Waals surface area contributed by atoms with E-state index in [0.29, 0.717) is 10.6 Å². The van der Waals surface area contributed by atoms with Gasteiger partial charge >= 0.3 is 5.97 Å². The van der Waals surface area contributed by atoms with Crippen molar-refractivity contribution in [1.29, 1.82) is 0 Å². The number of benzene rings is 1. The van der Waals surface area contributed by atoms with Gasteiger partial charge in [-0.25, -0.2) is 4.79 Å². The number of halogens is 1. The van der Waals surface area contributed by atoms with Crippen LogP contribution in [-0.4, -0.2) is 39.6 Å². The Kier molecular flexibility index (Phi) is 6.75. The van der Waals surface area contributed by atoms with Crippen molar-refractivity contribution in [3.63, 3.8) is 0 Å². The molecule has 11 heteroatoms. The Bertz CT molecular complexity index is 795. The van der Waals surface area contributed by atoms with E-state index in [0.717, 1.165) is 6.07 Å². The smallest absolute Gasteiger partial charge is 0.330 e. The Morgan fingerprint density at radius 2 is 1.93 bits per heavy atom. The average Bonchev–Trinajstić information content (AvgIpc) is 2.96. The van der Waals surface area contributed by atoms with Crippen molar-refractivity contribution in [2.24, 2.45) is 5.73 Å². The summed E-state index contributed by atoms with van der Waals surface area (Å²) in [6, 6.07) is 2.91. The lowest BCUT2D eigenvalue weighted by atomic mass is 9.99. The highest BCUT2D eigenvalue weighted by molar-refractivity contribution is 9.08. The second-order valence-corrected chi connectivity index (χ2v) is 6.35. The zero-order chi connectivity index (χ0) is 20.1. The molecule has 0 bridgehead atoms. The lowest BCUT2D eigenvalue weighted by molar-refractivity contribution is -0.385. The highest BCUT2D eigenvalue weighted by Crippen LogP contribution is 2.23. The largest absolute Gasteiger partial charge is 0.333 e. The number of amides is 2. The van der Waals surface area contributed by atoms with E-state index in [9.17, 15) is 29.3 Å². The van der Waals surface area contributed by atoms with Crippen LogP contribution in [0.15, 0.2) is 18.2 Å². The Labute approximate surface area is 161 Å². The van der Waals surface area contributed by atoms with Crippen LogP contribution in [0.25, 0.3) is 0 Å². The second kappa shape index (κ2) is 8.82. The number of ketones is 1. The number of alkyl halides is 1. The maximum atomic E-state index is 12.4. The van der Waals surface area contributed by atoms with Gasteiger partial charge in [-0.1, -0.05) is 28.1 Å². The standard InChI is InChI=1S/C16H16BrN3O7/c17-8-10-2-1-9(7-12(10)20(25)26)16(24)11(18)3-6-15(23)27-19-13(21)4-5-14(19)22/h1-2,7,11H,3-6,8,18H2. The Morgan fingerprint density at radius 1 is 1.30 bits per heavy atom. The van der Waals surface area contributed by atoms with Crippen LogP contribution in [0.2, 0.25) is 0 Å². The molecule has 1 atom stereocenters. The quantitative estimate of drug-likeness (QED) is 0.209. The number of rotatable bonds is 8. The van der Waals surface area contributed by atoms with Crippen LogP contribution in [0.5, 0.6) is 0 Å². The number of carbonyl (C=O) groups is 4. The third kappa shape index (κ3) is 4.95. The number of imide groups is 1. The highest BCUT2D eigenvalue weighted by atomic mass is 79.9. The summed E-state index contributed by atoms with van der Waals surface area (Å²) in [5.41, 5.74) is 6.02. The fourth-order valence-corrected chi connectivity index (χ4v) is 2.90. The maximum Gasteiger partial charge on any atom is 0.333 e. The number of hydrogen-bond donors (Lipinski definition) is 1. The van der Waals surface area contributed by atoms with Gasteiger partial charge in [0, 0.05) is 41.8 Å². The molecule has 2 rings (SSSR count). The summed E-state index contributed by atoms with van der Waals surface area (Å²) in [5.74, 6) is -2.65. The van der Waals surface area contributed by atoms with Crippen molar-refractivity contribution in [2.45, 2.75) is 37.1 Å². The molecule has 1 saturated heterocycles. The van der Waals surface area contributed by atoms with Gasteiger partial charge in [-0.2, -0.15) is 0 Å². The van der Waals surface area contributed by atoms with E-state index in [1.807, 2.05) is 0 Å². The molecule has 10 nitrogen and oxygen atoms in total. The molecule has 0 aliphatic carbocycles. The summed E-state index contributed by atoms with van der Waals surface area (Å²) in [4.78, 5) is 62.0. The Morgan fingerprint density at radius 3 is 2.48 bits per heavy atom. The normalized spacial score (nSPS) is 15.0. The predicted octanol–water partition coefficient (Wildman–Crippen LogP) is 1.39. The number of nitro benzene ring substituents is 1. The predicted molar refractivity (Wildman–Crippen MR) is 94.4 cm³/mol. The minimum Gasteiger partial charge on any atom is -0.330 e. The van der Waals surface area contributed by atoms with Gasteiger partial charge in [0.05, 0.1) is 11.0 Å². The fourth-order valence-electron chi connectivity index (χ4n) is 2.42. The molecular weight excluding hydrogens is 426 g/mol. The van der Waals surface area contributed by atoms with Crippen LogP contribution in [0.1, 0.15) is 41.6 Å². The molecule has 1 aromatic carbocycles. The number of Topliss-reactive ketones (excluding diaryl/α,β-unsaturated/α-hetero) is 1. The monoisotopic (exact) mass is 441 g/mol. The molecule has 0 spiro atoms. The van der Waals surface area contributed by atoms with Crippen molar-refractivity contribution in [3.05, 3.63) is 39.4 Å². The summed E-state index contributed by atoms with van der Waals surface area (Å²) >= 11 is 3.13. The van der Waals surface area contributed by atoms with E-state index in [1.165, 1.54) is 12.1 Å². The second-order valence-electron chi connectivity index (χ2n) is 5.79. The summed E-state index contributed by atoms with van der Waals surface area (Å²) in [5, 5.41) is 11.7. The molecule has 1 fully saturated rings. The molecule has 2 N–H and O–H groups in total. The summed E-state index contributed by atoms with van der Waals surface area (Å²) in [6.07, 6.45) is -0.450. The first-order chi connectivity index (χ1) is 12.7. The molecule has 0 aromatic heterocycles. The molecule has 1 heterocycles. The van der Waals surface area contributed by atoms with E-state index in [-0.39, 0.29) is 42.3 Å². The Hall–Kier alpha value is -2.66. The molecule has 1 aliphatic rings. The van der Waals surface area contributed by atoms with Crippen LogP contribution in [0.3, 0.4) is 0 Å². The van der Waals surface area contributed by atoms with Gasteiger partial charge in [0.2, 0.25) is 0 Å². The molecule has 27 heavy (non-hydrogen) atoms. The van der Waals surface area contributed by atoms with Crippen molar-refractivity contribution in [2.75, 3.05) is 0 Å². The fraction of sp³-hybridized carbons (Fsp3) is 0.375. The van der Waals surface area contributed by atoms with Gasteiger partial charge in [0.25, 0.3) is 17.5 Å². The minimum absolute atomic E-state index is 0.0205. The van der Waals surface area contributed by atoms with E-state index in [4.69, 9.17) is 5.73 Å². The van der Waals surface area contributed by atoms with Gasteiger partial charge in [0.15, 0.2) is 5.78 Å². The number of nitrogens with two attached hydrogens (primary N) is 1. The molecule has 2 amide bonds. The molecule has 144 valence electrons. The summed E-state index contributed by atoms with van der Waals surface area (Å²) < 4.78 is 0. The van der Waals surface area contributed by atoms with Crippen LogP contribution in [0, 0.1) is 10.1 Å². The van der Waals surface area contributed by atoms with Crippen molar-refractivity contribution >= 4 is 45.2 Å². The molecular formula is C16H16BrN3O7. The van der Waals surface area contributed by atoms with Crippen molar-refractivity contribution < 1.29 is 28.9 Å². The topological polar surface area (TPSA) is 150 Å². The van der Waals surface area contributed by atoms with E-state index in [1.54, 1.807) is 0 Å². The maximum absolute atomic E-state index is 12.4. The zero-order valence-corrected chi connectivity index (χ0v) is 15.6. The molecule has 1 aromatic rings. The third-order valence-electron chi connectivity index (χ3n) is 3.91. The van der Waals surface area contributed by atoms with Gasteiger partial charge in [-0.15, -0.1) is 5.06 Å². The minimum atomic E-state index is -1.10. The van der Waals surface area contributed by atoms with Crippen LogP contribution in [-0.2, 0) is 24.6 Å². The van der Waals surface area contributed by atoms with E-state index < -0.39 is 34.5 Å². The Balaban J connectivity index is 1.96. The molecule has 0 saturated carbocycles. The molecule has 1 unspecified atom stereocenters. The van der Waals surface area contributed by atoms with Crippen molar-refractivity contribution in [3.8, 4) is 0 Å². The lowest BCUT2D eigenvalue weighted by Crippen LogP contribution is -2.34. The number of hydroxylamine groups is 2. The van der Waals surface area contributed by atoms with Crippen molar-refractivity contribution in [1.82, 2.24) is 5.06 Å². The molecule has 0 radical (unpaired) electrons. The number of hydrogen-bond acceptors (Lipinski definition) is 8. The van der Waals surface area contributed by atoms with Crippen LogP contribution < -0.4 is 5.73 Å². The third-order valence-corrected chi connectivity index (χ3v) is 4.51. The van der Waals surface area contributed by atoms with Gasteiger partial charge in [-0.3, -0.25) is 24.5 Å². The summed E-state index contributed by atoms with van der Waals surface area (Å²) in [6.45, 7) is 0. The number of nitrogens with zero attached hydrogens (tertiary/aromatic N) is 2.